The highest BCUT2D eigenvalue weighted by Gasteiger charge is 2.27. The molecule has 0 spiro atoms. The van der Waals surface area contributed by atoms with Crippen molar-refractivity contribution in [3.8, 4) is 0 Å². The van der Waals surface area contributed by atoms with Crippen molar-refractivity contribution in [2.75, 3.05) is 11.6 Å². The third-order valence-electron chi connectivity index (χ3n) is 3.76. The highest BCUT2D eigenvalue weighted by molar-refractivity contribution is 7.99. The summed E-state index contributed by atoms with van der Waals surface area (Å²) in [5.74, 6) is 0.461. The second-order valence-electron chi connectivity index (χ2n) is 4.95. The van der Waals surface area contributed by atoms with Gasteiger partial charge in [-0.15, -0.1) is 0 Å². The molecule has 1 aliphatic carbocycles. The van der Waals surface area contributed by atoms with Gasteiger partial charge in [0.2, 0.25) is 5.82 Å². The van der Waals surface area contributed by atoms with Gasteiger partial charge in [0.15, 0.2) is 0 Å². The van der Waals surface area contributed by atoms with E-state index in [-0.39, 0.29) is 10.7 Å². The van der Waals surface area contributed by atoms with E-state index in [1.165, 1.54) is 11.3 Å². The molecule has 2 aromatic rings. The van der Waals surface area contributed by atoms with Crippen LogP contribution in [0.3, 0.4) is 0 Å². The zero-order valence-corrected chi connectivity index (χ0v) is 12.7. The summed E-state index contributed by atoms with van der Waals surface area (Å²) in [6.45, 7) is 0. The number of hydrogen-bond acceptors (Lipinski definition) is 6. The van der Waals surface area contributed by atoms with Crippen molar-refractivity contribution in [1.29, 1.82) is 0 Å². The zero-order chi connectivity index (χ0) is 14.1. The SMILES string of the molecule is CSC1CCC(Nc2nc3sccn3c2[N+](=O)[O-])CC1. The lowest BCUT2D eigenvalue weighted by atomic mass is 9.95. The Balaban J connectivity index is 1.79. The number of anilines is 1. The van der Waals surface area contributed by atoms with Gasteiger partial charge in [-0.3, -0.25) is 0 Å². The standard InChI is InChI=1S/C12H16N4O2S2/c1-19-9-4-2-8(3-5-9)13-10-11(16(17)18)15-6-7-20-12(15)14-10/h6-9,13H,2-5H2,1H3. The van der Waals surface area contributed by atoms with Crippen molar-refractivity contribution in [3.63, 3.8) is 0 Å². The summed E-state index contributed by atoms with van der Waals surface area (Å²) in [6.07, 6.45) is 8.26. The third-order valence-corrected chi connectivity index (χ3v) is 5.65. The van der Waals surface area contributed by atoms with Crippen LogP contribution in [0.1, 0.15) is 25.7 Å². The summed E-state index contributed by atoms with van der Waals surface area (Å²) in [4.78, 5) is 15.9. The lowest BCUT2D eigenvalue weighted by Crippen LogP contribution is -2.27. The molecule has 0 atom stereocenters. The van der Waals surface area contributed by atoms with Gasteiger partial charge < -0.3 is 15.4 Å². The predicted octanol–water partition coefficient (Wildman–Crippen LogP) is 3.39. The molecule has 1 aliphatic rings. The molecule has 2 aromatic heterocycles. The molecule has 0 bridgehead atoms. The summed E-state index contributed by atoms with van der Waals surface area (Å²) < 4.78 is 1.54. The van der Waals surface area contributed by atoms with Gasteiger partial charge in [0.05, 0.1) is 0 Å². The minimum absolute atomic E-state index is 0.0493. The lowest BCUT2D eigenvalue weighted by molar-refractivity contribution is -0.389. The van der Waals surface area contributed by atoms with Gasteiger partial charge in [-0.2, -0.15) is 21.1 Å². The van der Waals surface area contributed by atoms with Crippen molar-refractivity contribution in [2.24, 2.45) is 0 Å². The maximum absolute atomic E-state index is 11.2. The number of nitrogens with one attached hydrogen (secondary N) is 1. The van der Waals surface area contributed by atoms with Crippen molar-refractivity contribution in [1.82, 2.24) is 9.38 Å². The molecule has 0 unspecified atom stereocenters. The van der Waals surface area contributed by atoms with Gasteiger partial charge in [0, 0.05) is 16.7 Å². The normalized spacial score (nSPS) is 23.1. The zero-order valence-electron chi connectivity index (χ0n) is 11.1. The minimum Gasteiger partial charge on any atom is -0.360 e. The Kier molecular flexibility index (Phi) is 3.84. The van der Waals surface area contributed by atoms with E-state index < -0.39 is 0 Å². The Hall–Kier alpha value is -1.28. The summed E-state index contributed by atoms with van der Waals surface area (Å²) in [5, 5.41) is 17.1. The Morgan fingerprint density at radius 1 is 1.50 bits per heavy atom. The smallest absolute Gasteiger partial charge is 0.360 e. The Labute approximate surface area is 124 Å². The van der Waals surface area contributed by atoms with Crippen LogP contribution in [0.25, 0.3) is 4.96 Å². The molecule has 2 heterocycles. The van der Waals surface area contributed by atoms with Crippen LogP contribution >= 0.6 is 23.1 Å². The topological polar surface area (TPSA) is 72.5 Å². The first-order valence-corrected chi connectivity index (χ1v) is 8.75. The Bertz CT molecular complexity index is 616. The first kappa shape index (κ1) is 13.7. The molecule has 1 N–H and O–H groups in total. The van der Waals surface area contributed by atoms with Crippen LogP contribution in [0.15, 0.2) is 11.6 Å². The quantitative estimate of drug-likeness (QED) is 0.692. The second-order valence-corrected chi connectivity index (χ2v) is 6.96. The maximum Gasteiger partial charge on any atom is 0.372 e. The molecule has 20 heavy (non-hydrogen) atoms. The number of imidazole rings is 1. The van der Waals surface area contributed by atoms with Crippen molar-refractivity contribution in [2.45, 2.75) is 37.0 Å². The fourth-order valence-electron chi connectivity index (χ4n) is 2.68. The van der Waals surface area contributed by atoms with Gasteiger partial charge in [-0.05, 0) is 36.9 Å². The fourth-order valence-corrected chi connectivity index (χ4v) is 4.13. The van der Waals surface area contributed by atoms with E-state index in [1.54, 1.807) is 10.6 Å². The Morgan fingerprint density at radius 2 is 2.25 bits per heavy atom. The molecule has 0 radical (unpaired) electrons. The third kappa shape index (κ3) is 2.49. The predicted molar refractivity (Wildman–Crippen MR) is 82.9 cm³/mol. The van der Waals surface area contributed by atoms with Crippen LogP contribution in [-0.2, 0) is 0 Å². The largest absolute Gasteiger partial charge is 0.372 e. The number of hydrogen-bond donors (Lipinski definition) is 1. The van der Waals surface area contributed by atoms with Crippen LogP contribution in [0, 0.1) is 10.1 Å². The number of aromatic nitrogens is 2. The van der Waals surface area contributed by atoms with Gasteiger partial charge in [-0.25, -0.2) is 0 Å². The van der Waals surface area contributed by atoms with Gasteiger partial charge in [-0.1, -0.05) is 11.3 Å². The van der Waals surface area contributed by atoms with Crippen molar-refractivity contribution >= 4 is 39.7 Å². The van der Waals surface area contributed by atoms with Gasteiger partial charge >= 0.3 is 5.82 Å². The molecule has 1 saturated carbocycles. The van der Waals surface area contributed by atoms with Crippen LogP contribution in [0.5, 0.6) is 0 Å². The highest BCUT2D eigenvalue weighted by Crippen LogP contribution is 2.32. The van der Waals surface area contributed by atoms with E-state index in [4.69, 9.17) is 0 Å². The average Bonchev–Trinajstić information content (AvgIpc) is 2.99. The molecule has 8 heteroatoms. The van der Waals surface area contributed by atoms with E-state index in [0.717, 1.165) is 30.9 Å². The van der Waals surface area contributed by atoms with Crippen LogP contribution in [0.2, 0.25) is 0 Å². The number of thiazole rings is 1. The number of nitrogens with zero attached hydrogens (tertiary/aromatic N) is 3. The average molecular weight is 312 g/mol. The molecule has 6 nitrogen and oxygen atoms in total. The maximum atomic E-state index is 11.2. The highest BCUT2D eigenvalue weighted by atomic mass is 32.2. The van der Waals surface area contributed by atoms with Crippen molar-refractivity contribution < 1.29 is 4.92 Å². The molecule has 0 saturated heterocycles. The van der Waals surface area contributed by atoms with E-state index >= 15 is 0 Å². The molecule has 0 aliphatic heterocycles. The molecule has 1 fully saturated rings. The van der Waals surface area contributed by atoms with E-state index in [9.17, 15) is 10.1 Å². The molecule has 3 rings (SSSR count). The first-order chi connectivity index (χ1) is 9.69. The molecule has 108 valence electrons. The number of rotatable bonds is 4. The summed E-state index contributed by atoms with van der Waals surface area (Å²) in [7, 11) is 0. The van der Waals surface area contributed by atoms with E-state index in [2.05, 4.69) is 16.6 Å². The van der Waals surface area contributed by atoms with E-state index in [1.807, 2.05) is 17.1 Å². The lowest BCUT2D eigenvalue weighted by Gasteiger charge is -2.27. The number of fused-ring (bicyclic) bond motifs is 1. The Morgan fingerprint density at radius 3 is 2.90 bits per heavy atom. The number of thioether (sulfide) groups is 1. The minimum atomic E-state index is -0.359. The molecule has 0 amide bonds. The fraction of sp³-hybridized carbons (Fsp3) is 0.583. The molecule has 0 aromatic carbocycles. The summed E-state index contributed by atoms with van der Waals surface area (Å²) >= 11 is 3.32. The van der Waals surface area contributed by atoms with Gasteiger partial charge in [0.1, 0.15) is 6.20 Å². The monoisotopic (exact) mass is 312 g/mol. The van der Waals surface area contributed by atoms with Crippen LogP contribution < -0.4 is 5.32 Å². The first-order valence-electron chi connectivity index (χ1n) is 6.58. The van der Waals surface area contributed by atoms with Crippen molar-refractivity contribution in [3.05, 3.63) is 21.7 Å². The molecular formula is C12H16N4O2S2. The van der Waals surface area contributed by atoms with Gasteiger partial charge in [0.25, 0.3) is 4.96 Å². The second kappa shape index (κ2) is 5.61. The number of nitro groups is 1. The summed E-state index contributed by atoms with van der Waals surface area (Å²) in [6, 6.07) is 0.293. The van der Waals surface area contributed by atoms with E-state index in [0.29, 0.717) is 16.8 Å². The molecular weight excluding hydrogens is 296 g/mol. The summed E-state index contributed by atoms with van der Waals surface area (Å²) in [5.41, 5.74) is 0. The van der Waals surface area contributed by atoms with Crippen LogP contribution in [0.4, 0.5) is 11.6 Å². The van der Waals surface area contributed by atoms with Crippen LogP contribution in [-0.4, -0.2) is 31.9 Å².